The van der Waals surface area contributed by atoms with Crippen molar-refractivity contribution < 1.29 is 19.4 Å². The normalized spacial score (nSPS) is 21.7. The number of hydrogen-bond donors (Lipinski definition) is 2. The average molecular weight is 272 g/mol. The van der Waals surface area contributed by atoms with Crippen LogP contribution in [0.2, 0.25) is 0 Å². The number of carboxylic acids is 1. The largest absolute Gasteiger partial charge is 0.481 e. The number of hydrogen-bond acceptors (Lipinski definition) is 3. The van der Waals surface area contributed by atoms with Crippen molar-refractivity contribution in [1.29, 1.82) is 0 Å². The highest BCUT2D eigenvalue weighted by molar-refractivity contribution is 5.76. The minimum atomic E-state index is -0.893. The predicted molar refractivity (Wildman–Crippen MR) is 71.0 cm³/mol. The zero-order chi connectivity index (χ0) is 14.4. The Morgan fingerprint density at radius 1 is 1.47 bits per heavy atom. The third-order valence-electron chi connectivity index (χ3n) is 3.63. The number of amides is 2. The molecular weight excluding hydrogens is 248 g/mol. The first-order valence-corrected chi connectivity index (χ1v) is 6.82. The Morgan fingerprint density at radius 2 is 2.16 bits per heavy atom. The number of carbonyl (C=O) groups excluding carboxylic acids is 1. The van der Waals surface area contributed by atoms with E-state index in [9.17, 15) is 9.59 Å². The van der Waals surface area contributed by atoms with Gasteiger partial charge in [-0.2, -0.15) is 0 Å². The van der Waals surface area contributed by atoms with Gasteiger partial charge in [0, 0.05) is 31.2 Å². The molecule has 0 bridgehead atoms. The lowest BCUT2D eigenvalue weighted by Crippen LogP contribution is -2.50. The summed E-state index contributed by atoms with van der Waals surface area (Å²) in [5.41, 5.74) is 0. The quantitative estimate of drug-likeness (QED) is 0.764. The summed E-state index contributed by atoms with van der Waals surface area (Å²) in [6.07, 6.45) is 0.917. The van der Waals surface area contributed by atoms with Crippen LogP contribution in [0.25, 0.3) is 0 Å². The van der Waals surface area contributed by atoms with Crippen LogP contribution in [0.15, 0.2) is 0 Å². The Balaban J connectivity index is 2.50. The first kappa shape index (κ1) is 15.8. The minimum absolute atomic E-state index is 0.0395. The molecule has 1 rings (SSSR count). The van der Waals surface area contributed by atoms with Gasteiger partial charge in [0.15, 0.2) is 0 Å². The lowest BCUT2D eigenvalue weighted by atomic mass is 10.0. The van der Waals surface area contributed by atoms with E-state index in [4.69, 9.17) is 9.84 Å². The second-order valence-electron chi connectivity index (χ2n) is 5.09. The number of carbonyl (C=O) groups is 2. The van der Waals surface area contributed by atoms with Crippen LogP contribution in [-0.4, -0.2) is 53.8 Å². The van der Waals surface area contributed by atoms with E-state index in [0.717, 1.165) is 13.0 Å². The van der Waals surface area contributed by atoms with Crippen molar-refractivity contribution in [1.82, 2.24) is 10.2 Å². The molecule has 3 atom stereocenters. The van der Waals surface area contributed by atoms with Gasteiger partial charge in [0.2, 0.25) is 0 Å². The Bertz CT molecular complexity index is 316. The fraction of sp³-hybridized carbons (Fsp3) is 0.846. The number of carboxylic acid groups (broad SMARTS) is 1. The summed E-state index contributed by atoms with van der Waals surface area (Å²) in [5.74, 6) is -0.548. The van der Waals surface area contributed by atoms with Crippen LogP contribution in [0.4, 0.5) is 4.79 Å². The lowest BCUT2D eigenvalue weighted by molar-refractivity contribution is -0.138. The maximum Gasteiger partial charge on any atom is 0.317 e. The van der Waals surface area contributed by atoms with Gasteiger partial charge in [0.05, 0.1) is 13.0 Å². The van der Waals surface area contributed by atoms with E-state index in [1.807, 2.05) is 13.8 Å². The molecule has 1 aliphatic heterocycles. The highest BCUT2D eigenvalue weighted by Gasteiger charge is 2.27. The van der Waals surface area contributed by atoms with E-state index in [2.05, 4.69) is 5.32 Å². The molecule has 0 saturated carbocycles. The monoisotopic (exact) mass is 272 g/mol. The van der Waals surface area contributed by atoms with Crippen LogP contribution in [0.5, 0.6) is 0 Å². The molecule has 3 unspecified atom stereocenters. The van der Waals surface area contributed by atoms with Crippen LogP contribution in [0, 0.1) is 5.92 Å². The average Bonchev–Trinajstić information content (AvgIpc) is 2.81. The SMILES string of the molecule is CCN(C(=O)NC(C)C1CCOC1)C(C)CC(=O)O. The van der Waals surface area contributed by atoms with Crippen LogP contribution in [-0.2, 0) is 9.53 Å². The summed E-state index contributed by atoms with van der Waals surface area (Å²) in [5, 5.41) is 11.7. The number of rotatable bonds is 6. The molecule has 0 spiro atoms. The van der Waals surface area contributed by atoms with E-state index in [0.29, 0.717) is 19.1 Å². The molecule has 0 radical (unpaired) electrons. The predicted octanol–water partition coefficient (Wildman–Crippen LogP) is 1.31. The molecule has 0 aromatic rings. The molecule has 2 N–H and O–H groups in total. The highest BCUT2D eigenvalue weighted by Crippen LogP contribution is 2.17. The number of nitrogens with zero attached hydrogens (tertiary/aromatic N) is 1. The van der Waals surface area contributed by atoms with Gasteiger partial charge in [-0.15, -0.1) is 0 Å². The number of aliphatic carboxylic acids is 1. The van der Waals surface area contributed by atoms with Gasteiger partial charge in [-0.1, -0.05) is 0 Å². The number of urea groups is 1. The molecule has 0 aromatic carbocycles. The van der Waals surface area contributed by atoms with Gasteiger partial charge in [-0.25, -0.2) is 4.79 Å². The molecule has 0 aromatic heterocycles. The third-order valence-corrected chi connectivity index (χ3v) is 3.63. The van der Waals surface area contributed by atoms with Crippen molar-refractivity contribution in [3.8, 4) is 0 Å². The van der Waals surface area contributed by atoms with Crippen molar-refractivity contribution in [3.05, 3.63) is 0 Å². The van der Waals surface area contributed by atoms with E-state index in [1.165, 1.54) is 0 Å². The molecule has 6 heteroatoms. The smallest absolute Gasteiger partial charge is 0.317 e. The van der Waals surface area contributed by atoms with Gasteiger partial charge in [0.25, 0.3) is 0 Å². The van der Waals surface area contributed by atoms with Crippen LogP contribution in [0.3, 0.4) is 0 Å². The summed E-state index contributed by atoms with van der Waals surface area (Å²) in [6.45, 7) is 7.49. The summed E-state index contributed by atoms with van der Waals surface area (Å²) in [4.78, 5) is 24.4. The molecule has 2 amide bonds. The van der Waals surface area contributed by atoms with Crippen molar-refractivity contribution in [2.45, 2.75) is 45.7 Å². The van der Waals surface area contributed by atoms with E-state index in [-0.39, 0.29) is 24.5 Å². The topological polar surface area (TPSA) is 78.9 Å². The molecule has 1 fully saturated rings. The maximum atomic E-state index is 12.1. The molecule has 0 aliphatic carbocycles. The molecule has 19 heavy (non-hydrogen) atoms. The first-order chi connectivity index (χ1) is 8.95. The van der Waals surface area contributed by atoms with E-state index in [1.54, 1.807) is 11.8 Å². The van der Waals surface area contributed by atoms with Crippen LogP contribution in [0.1, 0.15) is 33.6 Å². The Morgan fingerprint density at radius 3 is 2.63 bits per heavy atom. The number of nitrogens with one attached hydrogen (secondary N) is 1. The number of ether oxygens (including phenoxy) is 1. The fourth-order valence-electron chi connectivity index (χ4n) is 2.36. The van der Waals surface area contributed by atoms with Crippen molar-refractivity contribution >= 4 is 12.0 Å². The van der Waals surface area contributed by atoms with Gasteiger partial charge >= 0.3 is 12.0 Å². The first-order valence-electron chi connectivity index (χ1n) is 6.82. The zero-order valence-electron chi connectivity index (χ0n) is 11.9. The van der Waals surface area contributed by atoms with Crippen molar-refractivity contribution in [2.24, 2.45) is 5.92 Å². The van der Waals surface area contributed by atoms with Crippen molar-refractivity contribution in [3.63, 3.8) is 0 Å². The Labute approximate surface area is 114 Å². The molecule has 1 saturated heterocycles. The summed E-state index contributed by atoms with van der Waals surface area (Å²) in [6, 6.07) is -0.466. The standard InChI is InChI=1S/C13H24N2O4/c1-4-15(9(2)7-12(16)17)13(18)14-10(3)11-5-6-19-8-11/h9-11H,4-8H2,1-3H3,(H,14,18)(H,16,17). The fourth-order valence-corrected chi connectivity index (χ4v) is 2.36. The highest BCUT2D eigenvalue weighted by atomic mass is 16.5. The van der Waals surface area contributed by atoms with Crippen LogP contribution >= 0.6 is 0 Å². The van der Waals surface area contributed by atoms with Crippen LogP contribution < -0.4 is 5.32 Å². The second kappa shape index (κ2) is 7.33. The Hall–Kier alpha value is -1.30. The summed E-state index contributed by atoms with van der Waals surface area (Å²) < 4.78 is 5.30. The molecule has 1 heterocycles. The zero-order valence-corrected chi connectivity index (χ0v) is 11.9. The minimum Gasteiger partial charge on any atom is -0.481 e. The summed E-state index contributed by atoms with van der Waals surface area (Å²) >= 11 is 0. The van der Waals surface area contributed by atoms with Crippen molar-refractivity contribution in [2.75, 3.05) is 19.8 Å². The van der Waals surface area contributed by atoms with Gasteiger partial charge in [-0.3, -0.25) is 4.79 Å². The van der Waals surface area contributed by atoms with E-state index >= 15 is 0 Å². The summed E-state index contributed by atoms with van der Waals surface area (Å²) in [7, 11) is 0. The molecule has 110 valence electrons. The third kappa shape index (κ3) is 4.70. The lowest BCUT2D eigenvalue weighted by Gasteiger charge is -2.30. The second-order valence-corrected chi connectivity index (χ2v) is 5.09. The molecular formula is C13H24N2O4. The van der Waals surface area contributed by atoms with E-state index < -0.39 is 5.97 Å². The maximum absolute atomic E-state index is 12.1. The molecule has 6 nitrogen and oxygen atoms in total. The molecule has 1 aliphatic rings. The van der Waals surface area contributed by atoms with Gasteiger partial charge < -0.3 is 20.1 Å². The van der Waals surface area contributed by atoms with Gasteiger partial charge in [0.1, 0.15) is 0 Å². The van der Waals surface area contributed by atoms with Gasteiger partial charge in [-0.05, 0) is 27.2 Å². The Kier molecular flexibility index (Phi) is 6.08.